The summed E-state index contributed by atoms with van der Waals surface area (Å²) in [5.74, 6) is 1.62. The van der Waals surface area contributed by atoms with E-state index in [1.54, 1.807) is 0 Å². The minimum absolute atomic E-state index is 0. The van der Waals surface area contributed by atoms with Crippen LogP contribution in [0.25, 0.3) is 0 Å². The highest BCUT2D eigenvalue weighted by Crippen LogP contribution is 2.36. The first kappa shape index (κ1) is 16.7. The van der Waals surface area contributed by atoms with E-state index in [0.29, 0.717) is 12.3 Å². The molecule has 3 nitrogen and oxygen atoms in total. The van der Waals surface area contributed by atoms with Crippen LogP contribution in [0.4, 0.5) is 0 Å². The lowest BCUT2D eigenvalue weighted by Crippen LogP contribution is -2.34. The quantitative estimate of drug-likeness (QED) is 0.896. The molecular formula is C16H23ClN2OS. The van der Waals surface area contributed by atoms with Crippen molar-refractivity contribution in [2.24, 2.45) is 11.7 Å². The highest BCUT2D eigenvalue weighted by molar-refractivity contribution is 7.99. The van der Waals surface area contributed by atoms with Gasteiger partial charge >= 0.3 is 0 Å². The molecule has 1 fully saturated rings. The van der Waals surface area contributed by atoms with Gasteiger partial charge in [0.2, 0.25) is 5.91 Å². The average molecular weight is 327 g/mol. The predicted octanol–water partition coefficient (Wildman–Crippen LogP) is 3.28. The first-order valence-corrected chi connectivity index (χ1v) is 8.49. The van der Waals surface area contributed by atoms with Crippen LogP contribution in [0.1, 0.15) is 43.7 Å². The molecule has 0 spiro atoms. The number of nitrogens with two attached hydrogens (primary N) is 1. The van der Waals surface area contributed by atoms with E-state index in [1.807, 2.05) is 11.8 Å². The Morgan fingerprint density at radius 2 is 2.10 bits per heavy atom. The van der Waals surface area contributed by atoms with E-state index in [9.17, 15) is 4.79 Å². The molecule has 5 heteroatoms. The zero-order valence-electron chi connectivity index (χ0n) is 12.1. The molecule has 2 aliphatic rings. The van der Waals surface area contributed by atoms with Crippen LogP contribution in [-0.4, -0.2) is 17.7 Å². The summed E-state index contributed by atoms with van der Waals surface area (Å²) in [5.41, 5.74) is 7.32. The SMILES string of the molecule is Cl.N[C@@H]1CCC[C@H]1CC(=O)NC1CCSc2ccccc21. The maximum Gasteiger partial charge on any atom is 0.220 e. The summed E-state index contributed by atoms with van der Waals surface area (Å²) in [6, 6.07) is 8.79. The van der Waals surface area contributed by atoms with Crippen LogP contribution >= 0.6 is 24.2 Å². The maximum absolute atomic E-state index is 12.2. The molecule has 0 bridgehead atoms. The van der Waals surface area contributed by atoms with Crippen molar-refractivity contribution in [3.05, 3.63) is 29.8 Å². The van der Waals surface area contributed by atoms with Crippen molar-refractivity contribution in [3.8, 4) is 0 Å². The second kappa shape index (κ2) is 7.52. The Hall–Kier alpha value is -0.710. The lowest BCUT2D eigenvalue weighted by atomic mass is 9.98. The van der Waals surface area contributed by atoms with E-state index in [1.165, 1.54) is 16.9 Å². The number of halogens is 1. The van der Waals surface area contributed by atoms with Crippen LogP contribution in [0.5, 0.6) is 0 Å². The molecule has 1 saturated carbocycles. The number of hydrogen-bond donors (Lipinski definition) is 2. The van der Waals surface area contributed by atoms with Crippen LogP contribution < -0.4 is 11.1 Å². The minimum Gasteiger partial charge on any atom is -0.349 e. The fraction of sp³-hybridized carbons (Fsp3) is 0.562. The molecule has 0 aromatic heterocycles. The van der Waals surface area contributed by atoms with Gasteiger partial charge in [-0.1, -0.05) is 24.6 Å². The number of amides is 1. The summed E-state index contributed by atoms with van der Waals surface area (Å²) >= 11 is 1.88. The van der Waals surface area contributed by atoms with Crippen LogP contribution in [0, 0.1) is 5.92 Å². The molecule has 1 amide bonds. The molecule has 1 heterocycles. The lowest BCUT2D eigenvalue weighted by Gasteiger charge is -2.26. The van der Waals surface area contributed by atoms with Gasteiger partial charge in [0, 0.05) is 23.1 Å². The topological polar surface area (TPSA) is 55.1 Å². The van der Waals surface area contributed by atoms with Crippen LogP contribution in [-0.2, 0) is 4.79 Å². The maximum atomic E-state index is 12.2. The highest BCUT2D eigenvalue weighted by atomic mass is 35.5. The third-order valence-electron chi connectivity index (χ3n) is 4.46. The molecular weight excluding hydrogens is 304 g/mol. The van der Waals surface area contributed by atoms with Gasteiger partial charge in [0.05, 0.1) is 6.04 Å². The van der Waals surface area contributed by atoms with E-state index < -0.39 is 0 Å². The van der Waals surface area contributed by atoms with Crippen molar-refractivity contribution in [1.82, 2.24) is 5.32 Å². The molecule has 21 heavy (non-hydrogen) atoms. The Kier molecular flexibility index (Phi) is 5.97. The van der Waals surface area contributed by atoms with Crippen LogP contribution in [0.3, 0.4) is 0 Å². The van der Waals surface area contributed by atoms with Gasteiger partial charge in [-0.3, -0.25) is 4.79 Å². The van der Waals surface area contributed by atoms with Crippen molar-refractivity contribution < 1.29 is 4.79 Å². The number of carbonyl (C=O) groups is 1. The van der Waals surface area contributed by atoms with E-state index in [4.69, 9.17) is 5.73 Å². The molecule has 1 unspecified atom stereocenters. The van der Waals surface area contributed by atoms with E-state index in [0.717, 1.165) is 25.0 Å². The third kappa shape index (κ3) is 3.93. The van der Waals surface area contributed by atoms with Gasteiger partial charge < -0.3 is 11.1 Å². The minimum atomic E-state index is 0. The number of rotatable bonds is 3. The number of fused-ring (bicyclic) bond motifs is 1. The van der Waals surface area contributed by atoms with E-state index in [-0.39, 0.29) is 30.4 Å². The number of nitrogens with one attached hydrogen (secondary N) is 1. The molecule has 0 saturated heterocycles. The van der Waals surface area contributed by atoms with Gasteiger partial charge in [-0.25, -0.2) is 0 Å². The first-order chi connectivity index (χ1) is 9.74. The molecule has 3 rings (SSSR count). The Labute approximate surface area is 136 Å². The summed E-state index contributed by atoms with van der Waals surface area (Å²) < 4.78 is 0. The zero-order valence-corrected chi connectivity index (χ0v) is 13.7. The van der Waals surface area contributed by atoms with Crippen molar-refractivity contribution in [1.29, 1.82) is 0 Å². The summed E-state index contributed by atoms with van der Waals surface area (Å²) in [7, 11) is 0. The van der Waals surface area contributed by atoms with Gasteiger partial charge in [0.1, 0.15) is 0 Å². The Morgan fingerprint density at radius 1 is 1.29 bits per heavy atom. The zero-order chi connectivity index (χ0) is 13.9. The van der Waals surface area contributed by atoms with E-state index in [2.05, 4.69) is 29.6 Å². The number of thioether (sulfide) groups is 1. The largest absolute Gasteiger partial charge is 0.349 e. The highest BCUT2D eigenvalue weighted by Gasteiger charge is 2.28. The fourth-order valence-electron chi connectivity index (χ4n) is 3.30. The second-order valence-electron chi connectivity index (χ2n) is 5.85. The van der Waals surface area contributed by atoms with Crippen molar-refractivity contribution in [2.75, 3.05) is 5.75 Å². The molecule has 1 aliphatic heterocycles. The van der Waals surface area contributed by atoms with Gasteiger partial charge in [0.15, 0.2) is 0 Å². The summed E-state index contributed by atoms with van der Waals surface area (Å²) in [4.78, 5) is 13.6. The molecule has 3 N–H and O–H groups in total. The fourth-order valence-corrected chi connectivity index (χ4v) is 4.43. The molecule has 116 valence electrons. The predicted molar refractivity (Wildman–Crippen MR) is 89.8 cm³/mol. The van der Waals surface area contributed by atoms with Crippen LogP contribution in [0.2, 0.25) is 0 Å². The Balaban J connectivity index is 0.00000161. The van der Waals surface area contributed by atoms with Crippen molar-refractivity contribution >= 4 is 30.1 Å². The molecule has 3 atom stereocenters. The molecule has 1 aromatic carbocycles. The normalized spacial score (nSPS) is 27.6. The summed E-state index contributed by atoms with van der Waals surface area (Å²) in [5, 5.41) is 3.21. The lowest BCUT2D eigenvalue weighted by molar-refractivity contribution is -0.122. The van der Waals surface area contributed by atoms with E-state index >= 15 is 0 Å². The van der Waals surface area contributed by atoms with Gasteiger partial charge in [-0.05, 0) is 36.8 Å². The third-order valence-corrected chi connectivity index (χ3v) is 5.58. The van der Waals surface area contributed by atoms with Crippen LogP contribution in [0.15, 0.2) is 29.2 Å². The Morgan fingerprint density at radius 3 is 2.86 bits per heavy atom. The molecule has 0 radical (unpaired) electrons. The monoisotopic (exact) mass is 326 g/mol. The number of hydrogen-bond acceptors (Lipinski definition) is 3. The molecule has 1 aromatic rings. The van der Waals surface area contributed by atoms with Gasteiger partial charge in [-0.15, -0.1) is 24.2 Å². The Bertz CT molecular complexity index is 497. The average Bonchev–Trinajstić information content (AvgIpc) is 2.85. The number of carbonyl (C=O) groups excluding carboxylic acids is 1. The summed E-state index contributed by atoms with van der Waals surface area (Å²) in [6.07, 6.45) is 4.95. The molecule has 1 aliphatic carbocycles. The summed E-state index contributed by atoms with van der Waals surface area (Å²) in [6.45, 7) is 0. The van der Waals surface area contributed by atoms with Gasteiger partial charge in [-0.2, -0.15) is 0 Å². The van der Waals surface area contributed by atoms with Gasteiger partial charge in [0.25, 0.3) is 0 Å². The second-order valence-corrected chi connectivity index (χ2v) is 6.99. The van der Waals surface area contributed by atoms with Crippen molar-refractivity contribution in [3.63, 3.8) is 0 Å². The standard InChI is InChI=1S/C16H22N2OS.ClH/c17-13-6-3-4-11(13)10-16(19)18-14-8-9-20-15-7-2-1-5-12(14)15;/h1-2,5,7,11,13-14H,3-4,6,8-10,17H2,(H,18,19);1H/t11-,13+,14?;/m0./s1. The smallest absolute Gasteiger partial charge is 0.220 e. The number of benzene rings is 1. The van der Waals surface area contributed by atoms with Crippen molar-refractivity contribution in [2.45, 2.75) is 49.1 Å². The first-order valence-electron chi connectivity index (χ1n) is 7.50.